The highest BCUT2D eigenvalue weighted by Crippen LogP contribution is 2.38. The topological polar surface area (TPSA) is 76.7 Å². The largest absolute Gasteiger partial charge is 0.489 e. The third-order valence-electron chi connectivity index (χ3n) is 4.08. The van der Waals surface area contributed by atoms with Crippen LogP contribution in [0.3, 0.4) is 0 Å². The number of ether oxygens (including phenoxy) is 2. The van der Waals surface area contributed by atoms with Crippen molar-refractivity contribution in [2.24, 2.45) is 5.92 Å². The molecule has 148 valence electrons. The van der Waals surface area contributed by atoms with Crippen molar-refractivity contribution in [1.29, 1.82) is 0 Å². The van der Waals surface area contributed by atoms with E-state index in [4.69, 9.17) is 21.1 Å². The summed E-state index contributed by atoms with van der Waals surface area (Å²) in [4.78, 5) is 24.4. The van der Waals surface area contributed by atoms with Crippen LogP contribution in [-0.2, 0) is 4.79 Å². The number of hydrogen-bond acceptors (Lipinski definition) is 4. The van der Waals surface area contributed by atoms with Crippen molar-refractivity contribution in [2.45, 2.75) is 26.7 Å². The molecule has 6 nitrogen and oxygen atoms in total. The average molecular weight is 403 g/mol. The molecule has 1 heterocycles. The van der Waals surface area contributed by atoms with Crippen LogP contribution in [0.1, 0.15) is 37.0 Å². The Morgan fingerprint density at radius 2 is 1.68 bits per heavy atom. The van der Waals surface area contributed by atoms with E-state index in [-0.39, 0.29) is 11.8 Å². The number of carbonyl (C=O) groups is 2. The molecular weight excluding hydrogens is 380 g/mol. The summed E-state index contributed by atoms with van der Waals surface area (Å²) in [5, 5.41) is 5.99. The Labute approximate surface area is 169 Å². The molecule has 0 atom stereocenters. The number of carbonyl (C=O) groups excluding carboxylic acids is 2. The first-order valence-corrected chi connectivity index (χ1v) is 9.60. The normalized spacial score (nSPS) is 13.0. The molecule has 2 aromatic carbocycles. The van der Waals surface area contributed by atoms with Gasteiger partial charge < -0.3 is 20.1 Å². The first-order chi connectivity index (χ1) is 13.4. The molecule has 0 fully saturated rings. The van der Waals surface area contributed by atoms with E-state index < -0.39 is 0 Å². The predicted octanol–water partition coefficient (Wildman–Crippen LogP) is 4.74. The third-order valence-corrected chi connectivity index (χ3v) is 4.37. The third kappa shape index (κ3) is 5.16. The van der Waals surface area contributed by atoms with Gasteiger partial charge in [0.15, 0.2) is 11.5 Å². The van der Waals surface area contributed by atoms with Gasteiger partial charge in [-0.1, -0.05) is 25.4 Å². The van der Waals surface area contributed by atoms with Crippen LogP contribution in [0, 0.1) is 5.92 Å². The molecule has 0 bridgehead atoms. The second-order valence-electron chi connectivity index (χ2n) is 7.01. The summed E-state index contributed by atoms with van der Waals surface area (Å²) in [6, 6.07) is 10.1. The van der Waals surface area contributed by atoms with Gasteiger partial charge in [-0.15, -0.1) is 0 Å². The number of anilines is 2. The number of nitrogens with one attached hydrogen (secondary N) is 2. The fourth-order valence-corrected chi connectivity index (χ4v) is 3.05. The number of rotatable bonds is 5. The van der Waals surface area contributed by atoms with Gasteiger partial charge in [-0.05, 0) is 42.3 Å². The summed E-state index contributed by atoms with van der Waals surface area (Å²) in [6.45, 7) is 5.02. The Bertz CT molecular complexity index is 865. The van der Waals surface area contributed by atoms with Crippen molar-refractivity contribution in [1.82, 2.24) is 0 Å². The highest BCUT2D eigenvalue weighted by atomic mass is 35.5. The Kier molecular flexibility index (Phi) is 6.41. The number of halogens is 1. The molecule has 2 aromatic rings. The molecule has 2 amide bonds. The van der Waals surface area contributed by atoms with E-state index in [0.717, 1.165) is 6.42 Å². The minimum absolute atomic E-state index is 0.0337. The van der Waals surface area contributed by atoms with Crippen LogP contribution in [-0.4, -0.2) is 25.0 Å². The zero-order chi connectivity index (χ0) is 20.1. The van der Waals surface area contributed by atoms with Gasteiger partial charge in [-0.25, -0.2) is 0 Å². The van der Waals surface area contributed by atoms with Crippen LogP contribution in [0.4, 0.5) is 11.4 Å². The fourth-order valence-electron chi connectivity index (χ4n) is 2.78. The highest BCUT2D eigenvalue weighted by molar-refractivity contribution is 6.32. The fraction of sp³-hybridized carbons (Fsp3) is 0.333. The van der Waals surface area contributed by atoms with Gasteiger partial charge in [0, 0.05) is 29.8 Å². The Morgan fingerprint density at radius 1 is 1.04 bits per heavy atom. The van der Waals surface area contributed by atoms with Gasteiger partial charge in [-0.2, -0.15) is 0 Å². The Morgan fingerprint density at radius 3 is 2.36 bits per heavy atom. The molecule has 0 saturated heterocycles. The second-order valence-corrected chi connectivity index (χ2v) is 7.42. The highest BCUT2D eigenvalue weighted by Gasteiger charge is 2.18. The van der Waals surface area contributed by atoms with Crippen LogP contribution in [0.15, 0.2) is 36.4 Å². The Hall–Kier alpha value is -2.73. The number of benzene rings is 2. The van der Waals surface area contributed by atoms with Gasteiger partial charge in [0.25, 0.3) is 5.91 Å². The molecule has 0 spiro atoms. The van der Waals surface area contributed by atoms with Crippen molar-refractivity contribution < 1.29 is 19.1 Å². The van der Waals surface area contributed by atoms with E-state index in [1.165, 1.54) is 0 Å². The van der Waals surface area contributed by atoms with E-state index >= 15 is 0 Å². The van der Waals surface area contributed by atoms with E-state index in [9.17, 15) is 9.59 Å². The summed E-state index contributed by atoms with van der Waals surface area (Å²) >= 11 is 6.25. The van der Waals surface area contributed by atoms with Crippen molar-refractivity contribution in [3.05, 3.63) is 47.0 Å². The number of hydrogen-bond donors (Lipinski definition) is 2. The van der Waals surface area contributed by atoms with Crippen LogP contribution >= 0.6 is 11.6 Å². The van der Waals surface area contributed by atoms with Gasteiger partial charge >= 0.3 is 0 Å². The van der Waals surface area contributed by atoms with Crippen LogP contribution in [0.25, 0.3) is 0 Å². The molecule has 1 aliphatic heterocycles. The minimum Gasteiger partial charge on any atom is -0.489 e. The van der Waals surface area contributed by atoms with E-state index in [0.29, 0.717) is 59.0 Å². The summed E-state index contributed by atoms with van der Waals surface area (Å²) < 4.78 is 11.2. The monoisotopic (exact) mass is 402 g/mol. The number of amides is 2. The maximum Gasteiger partial charge on any atom is 0.255 e. The maximum absolute atomic E-state index is 12.6. The van der Waals surface area contributed by atoms with Crippen molar-refractivity contribution in [3.8, 4) is 11.5 Å². The van der Waals surface area contributed by atoms with Gasteiger partial charge in [0.1, 0.15) is 0 Å². The predicted molar refractivity (Wildman–Crippen MR) is 110 cm³/mol. The van der Waals surface area contributed by atoms with Gasteiger partial charge in [0.2, 0.25) is 5.91 Å². The molecule has 1 aliphatic rings. The lowest BCUT2D eigenvalue weighted by molar-refractivity contribution is -0.116. The molecule has 0 unspecified atom stereocenters. The van der Waals surface area contributed by atoms with Crippen molar-refractivity contribution >= 4 is 34.8 Å². The molecule has 28 heavy (non-hydrogen) atoms. The summed E-state index contributed by atoms with van der Waals surface area (Å²) in [5.41, 5.74) is 1.67. The molecule has 0 radical (unpaired) electrons. The molecular formula is C21H23ClN2O4. The Balaban J connectivity index is 1.67. The molecule has 0 saturated carbocycles. The standard InChI is InChI=1S/C21H23ClN2O4/c1-13(2)10-19(25)23-15-4-6-16(7-5-15)24-21(26)14-11-17(22)20-18(12-14)27-8-3-9-28-20/h4-7,11-13H,3,8-10H2,1-2H3,(H,23,25)(H,24,26). The SMILES string of the molecule is CC(C)CC(=O)Nc1ccc(NC(=O)c2cc(Cl)c3c(c2)OCCCO3)cc1. The molecule has 0 aromatic heterocycles. The molecule has 7 heteroatoms. The maximum atomic E-state index is 12.6. The van der Waals surface area contributed by atoms with Crippen LogP contribution < -0.4 is 20.1 Å². The zero-order valence-corrected chi connectivity index (χ0v) is 16.6. The molecule has 3 rings (SSSR count). The quantitative estimate of drug-likeness (QED) is 0.757. The van der Waals surface area contributed by atoms with E-state index in [1.807, 2.05) is 13.8 Å². The zero-order valence-electron chi connectivity index (χ0n) is 15.9. The first-order valence-electron chi connectivity index (χ1n) is 9.23. The second kappa shape index (κ2) is 8.97. The summed E-state index contributed by atoms with van der Waals surface area (Å²) in [5.74, 6) is 0.888. The molecule has 0 aliphatic carbocycles. The number of fused-ring (bicyclic) bond motifs is 1. The lowest BCUT2D eigenvalue weighted by Gasteiger charge is -2.12. The minimum atomic E-state index is -0.311. The van der Waals surface area contributed by atoms with Crippen LogP contribution in [0.2, 0.25) is 5.02 Å². The average Bonchev–Trinajstić information content (AvgIpc) is 2.88. The first kappa shape index (κ1) is 20.0. The van der Waals surface area contributed by atoms with E-state index in [1.54, 1.807) is 36.4 Å². The summed E-state index contributed by atoms with van der Waals surface area (Å²) in [7, 11) is 0. The smallest absolute Gasteiger partial charge is 0.255 e. The molecule has 2 N–H and O–H groups in total. The van der Waals surface area contributed by atoms with Crippen molar-refractivity contribution in [2.75, 3.05) is 23.8 Å². The van der Waals surface area contributed by atoms with Gasteiger partial charge in [-0.3, -0.25) is 9.59 Å². The van der Waals surface area contributed by atoms with Crippen molar-refractivity contribution in [3.63, 3.8) is 0 Å². The lowest BCUT2D eigenvalue weighted by atomic mass is 10.1. The lowest BCUT2D eigenvalue weighted by Crippen LogP contribution is -2.14. The van der Waals surface area contributed by atoms with Crippen LogP contribution in [0.5, 0.6) is 11.5 Å². The van der Waals surface area contributed by atoms with E-state index in [2.05, 4.69) is 10.6 Å². The van der Waals surface area contributed by atoms with Gasteiger partial charge in [0.05, 0.1) is 18.2 Å². The summed E-state index contributed by atoms with van der Waals surface area (Å²) in [6.07, 6.45) is 1.22.